The molecule has 0 unspecified atom stereocenters. The summed E-state index contributed by atoms with van der Waals surface area (Å²) in [5.41, 5.74) is 1.16. The van der Waals surface area contributed by atoms with Crippen molar-refractivity contribution in [2.75, 3.05) is 33.7 Å². The fourth-order valence-corrected chi connectivity index (χ4v) is 3.99. The van der Waals surface area contributed by atoms with E-state index in [0.29, 0.717) is 31.4 Å². The third kappa shape index (κ3) is 5.83. The Morgan fingerprint density at radius 3 is 2.58 bits per heavy atom. The van der Waals surface area contributed by atoms with E-state index < -0.39 is 0 Å². The van der Waals surface area contributed by atoms with Crippen molar-refractivity contribution >= 4 is 11.9 Å². The topological polar surface area (TPSA) is 82.8 Å². The van der Waals surface area contributed by atoms with Crippen LogP contribution >= 0.6 is 0 Å². The van der Waals surface area contributed by atoms with Gasteiger partial charge in [-0.25, -0.2) is 9.37 Å². The summed E-state index contributed by atoms with van der Waals surface area (Å²) in [6.07, 6.45) is 6.18. The smallest absolute Gasteiger partial charge is 0.230 e. The van der Waals surface area contributed by atoms with Gasteiger partial charge in [0.1, 0.15) is 12.1 Å². The first kappa shape index (κ1) is 22.8. The number of aromatic nitrogens is 1. The monoisotopic (exact) mass is 429 g/mol. The standard InChI is InChI=1S/C23H32FN5O2/c1-4-25-22(27-16-23(12-5-6-13-23)21(30)29(2)3)26-14-11-19-15-31-20(28-19)17-7-9-18(24)10-8-17/h7-10,15H,4-6,11-14,16H2,1-3H3,(H2,25,26,27). The Balaban J connectivity index is 1.58. The van der Waals surface area contributed by atoms with Gasteiger partial charge in [0.2, 0.25) is 11.8 Å². The molecule has 0 radical (unpaired) electrons. The molecule has 8 heteroatoms. The lowest BCUT2D eigenvalue weighted by molar-refractivity contribution is -0.138. The van der Waals surface area contributed by atoms with Gasteiger partial charge < -0.3 is 20.0 Å². The van der Waals surface area contributed by atoms with Crippen molar-refractivity contribution in [3.63, 3.8) is 0 Å². The maximum Gasteiger partial charge on any atom is 0.230 e. The van der Waals surface area contributed by atoms with Crippen molar-refractivity contribution in [2.24, 2.45) is 10.4 Å². The zero-order valence-corrected chi connectivity index (χ0v) is 18.6. The van der Waals surface area contributed by atoms with Crippen LogP contribution in [0.4, 0.5) is 4.39 Å². The second kappa shape index (κ2) is 10.4. The van der Waals surface area contributed by atoms with Crippen LogP contribution in [0.5, 0.6) is 0 Å². The number of hydrogen-bond donors (Lipinski definition) is 2. The van der Waals surface area contributed by atoms with Gasteiger partial charge >= 0.3 is 0 Å². The summed E-state index contributed by atoms with van der Waals surface area (Å²) in [6, 6.07) is 6.07. The zero-order chi connectivity index (χ0) is 22.3. The van der Waals surface area contributed by atoms with E-state index in [-0.39, 0.29) is 17.1 Å². The molecular weight excluding hydrogens is 397 g/mol. The van der Waals surface area contributed by atoms with Gasteiger partial charge in [-0.15, -0.1) is 0 Å². The largest absolute Gasteiger partial charge is 0.444 e. The minimum absolute atomic E-state index is 0.167. The molecule has 0 aliphatic heterocycles. The number of carbonyl (C=O) groups is 1. The first-order chi connectivity index (χ1) is 14.9. The van der Waals surface area contributed by atoms with Crippen molar-refractivity contribution in [3.8, 4) is 11.5 Å². The molecule has 0 saturated heterocycles. The predicted molar refractivity (Wildman–Crippen MR) is 119 cm³/mol. The van der Waals surface area contributed by atoms with Crippen LogP contribution in [0, 0.1) is 11.2 Å². The Labute approximate surface area is 183 Å². The van der Waals surface area contributed by atoms with Crippen molar-refractivity contribution < 1.29 is 13.6 Å². The van der Waals surface area contributed by atoms with Crippen LogP contribution < -0.4 is 10.6 Å². The third-order valence-electron chi connectivity index (χ3n) is 5.62. The van der Waals surface area contributed by atoms with Crippen LogP contribution in [0.2, 0.25) is 0 Å². The molecule has 1 fully saturated rings. The highest BCUT2D eigenvalue weighted by Crippen LogP contribution is 2.39. The minimum atomic E-state index is -0.387. The predicted octanol–water partition coefficient (Wildman–Crippen LogP) is 3.23. The van der Waals surface area contributed by atoms with E-state index in [2.05, 4.69) is 15.6 Å². The van der Waals surface area contributed by atoms with Gasteiger partial charge in [0, 0.05) is 39.2 Å². The molecular formula is C23H32FN5O2. The summed E-state index contributed by atoms with van der Waals surface area (Å²) in [4.78, 5) is 23.6. The molecule has 3 rings (SSSR count). The Morgan fingerprint density at radius 1 is 1.23 bits per heavy atom. The first-order valence-corrected chi connectivity index (χ1v) is 10.9. The summed E-state index contributed by atoms with van der Waals surface area (Å²) >= 11 is 0. The lowest BCUT2D eigenvalue weighted by Gasteiger charge is -2.29. The molecule has 31 heavy (non-hydrogen) atoms. The molecule has 1 aromatic carbocycles. The number of halogens is 1. The molecule has 1 saturated carbocycles. The summed E-state index contributed by atoms with van der Waals surface area (Å²) in [5.74, 6) is 1.05. The van der Waals surface area contributed by atoms with Gasteiger partial charge in [-0.1, -0.05) is 12.8 Å². The second-order valence-corrected chi connectivity index (χ2v) is 8.21. The van der Waals surface area contributed by atoms with Crippen LogP contribution in [-0.4, -0.2) is 55.5 Å². The van der Waals surface area contributed by atoms with E-state index in [1.165, 1.54) is 12.1 Å². The molecule has 168 valence electrons. The van der Waals surface area contributed by atoms with Gasteiger partial charge in [0.05, 0.1) is 17.7 Å². The van der Waals surface area contributed by atoms with Gasteiger partial charge in [-0.05, 0) is 44.0 Å². The quantitative estimate of drug-likeness (QED) is 0.497. The Morgan fingerprint density at radius 2 is 1.94 bits per heavy atom. The molecule has 0 bridgehead atoms. The van der Waals surface area contributed by atoms with E-state index in [1.807, 2.05) is 21.0 Å². The summed E-state index contributed by atoms with van der Waals surface area (Å²) in [6.45, 7) is 3.85. The highest BCUT2D eigenvalue weighted by Gasteiger charge is 2.42. The molecule has 1 aliphatic carbocycles. The number of aliphatic imine (C=N–C) groups is 1. The van der Waals surface area contributed by atoms with Crippen LogP contribution in [0.3, 0.4) is 0 Å². The number of nitrogens with zero attached hydrogens (tertiary/aromatic N) is 3. The summed E-state index contributed by atoms with van der Waals surface area (Å²) < 4.78 is 18.6. The van der Waals surface area contributed by atoms with Crippen molar-refractivity contribution in [1.29, 1.82) is 0 Å². The van der Waals surface area contributed by atoms with Gasteiger partial charge in [0.25, 0.3) is 0 Å². The first-order valence-electron chi connectivity index (χ1n) is 10.9. The van der Waals surface area contributed by atoms with Gasteiger partial charge in [0.15, 0.2) is 5.96 Å². The maximum atomic E-state index is 13.1. The number of guanidine groups is 1. The normalized spacial score (nSPS) is 15.7. The van der Waals surface area contributed by atoms with Gasteiger partial charge in [-0.2, -0.15) is 0 Å². The molecule has 0 spiro atoms. The minimum Gasteiger partial charge on any atom is -0.444 e. The Kier molecular flexibility index (Phi) is 7.65. The molecule has 1 aliphatic rings. The van der Waals surface area contributed by atoms with E-state index in [0.717, 1.165) is 43.5 Å². The average Bonchev–Trinajstić information content (AvgIpc) is 3.42. The van der Waals surface area contributed by atoms with E-state index in [9.17, 15) is 9.18 Å². The number of carbonyl (C=O) groups excluding carboxylic acids is 1. The summed E-state index contributed by atoms with van der Waals surface area (Å²) in [5, 5.41) is 6.57. The molecule has 1 heterocycles. The van der Waals surface area contributed by atoms with Crippen LogP contribution in [0.15, 0.2) is 39.9 Å². The number of benzene rings is 1. The molecule has 0 atom stereocenters. The van der Waals surface area contributed by atoms with Crippen molar-refractivity contribution in [3.05, 3.63) is 42.0 Å². The zero-order valence-electron chi connectivity index (χ0n) is 18.6. The Hall–Kier alpha value is -2.90. The van der Waals surface area contributed by atoms with Crippen molar-refractivity contribution in [1.82, 2.24) is 20.5 Å². The number of amides is 1. The number of oxazole rings is 1. The SMILES string of the molecule is CCNC(=NCC1(C(=O)N(C)C)CCCC1)NCCc1coc(-c2ccc(F)cc2)n1. The van der Waals surface area contributed by atoms with Crippen LogP contribution in [0.1, 0.15) is 38.3 Å². The lowest BCUT2D eigenvalue weighted by Crippen LogP contribution is -2.43. The van der Waals surface area contributed by atoms with Crippen molar-refractivity contribution in [2.45, 2.75) is 39.0 Å². The maximum absolute atomic E-state index is 13.1. The van der Waals surface area contributed by atoms with Crippen LogP contribution in [0.25, 0.3) is 11.5 Å². The summed E-state index contributed by atoms with van der Waals surface area (Å²) in [7, 11) is 3.63. The number of hydrogen-bond acceptors (Lipinski definition) is 4. The molecule has 1 aromatic heterocycles. The number of rotatable bonds is 8. The Bertz CT molecular complexity index is 886. The van der Waals surface area contributed by atoms with E-state index >= 15 is 0 Å². The second-order valence-electron chi connectivity index (χ2n) is 8.21. The fourth-order valence-electron chi connectivity index (χ4n) is 3.99. The molecule has 2 aromatic rings. The van der Waals surface area contributed by atoms with E-state index in [4.69, 9.17) is 9.41 Å². The highest BCUT2D eigenvalue weighted by molar-refractivity contribution is 5.84. The average molecular weight is 430 g/mol. The fraction of sp³-hybridized carbons (Fsp3) is 0.522. The molecule has 1 amide bonds. The van der Waals surface area contributed by atoms with Crippen LogP contribution in [-0.2, 0) is 11.2 Å². The van der Waals surface area contributed by atoms with Gasteiger partial charge in [-0.3, -0.25) is 9.79 Å². The lowest BCUT2D eigenvalue weighted by atomic mass is 9.85. The molecule has 2 N–H and O–H groups in total. The molecule has 7 nitrogen and oxygen atoms in total. The van der Waals surface area contributed by atoms with E-state index in [1.54, 1.807) is 23.3 Å². The highest BCUT2D eigenvalue weighted by atomic mass is 19.1. The number of nitrogens with one attached hydrogen (secondary N) is 2. The third-order valence-corrected chi connectivity index (χ3v) is 5.62.